The topological polar surface area (TPSA) is 26.8 Å². The Kier molecular flexibility index (Phi) is 6.21. The van der Waals surface area contributed by atoms with Crippen LogP contribution in [0.5, 0.6) is 0 Å². The third-order valence-corrected chi connectivity index (χ3v) is 4.50. The lowest BCUT2D eigenvalue weighted by atomic mass is 10.2. The molecular weight excluding hydrogens is 330 g/mol. The van der Waals surface area contributed by atoms with Crippen molar-refractivity contribution in [2.24, 2.45) is 0 Å². The molecule has 1 fully saturated rings. The van der Waals surface area contributed by atoms with Crippen molar-refractivity contribution in [3.05, 3.63) is 34.3 Å². The second-order valence-electron chi connectivity index (χ2n) is 5.61. The number of benzene rings is 1. The summed E-state index contributed by atoms with van der Waals surface area (Å²) in [7, 11) is 2.13. The first-order chi connectivity index (χ1) is 10.1. The fraction of sp³-hybridized carbons (Fsp3) is 0.562. The molecule has 0 aromatic heterocycles. The summed E-state index contributed by atoms with van der Waals surface area (Å²) in [5.74, 6) is 0.227. The lowest BCUT2D eigenvalue weighted by Gasteiger charge is -2.33. The van der Waals surface area contributed by atoms with E-state index in [1.807, 2.05) is 24.0 Å². The Bertz CT molecular complexity index is 455. The van der Waals surface area contributed by atoms with E-state index in [-0.39, 0.29) is 5.91 Å². The number of nitrogens with zero attached hydrogens (tertiary/aromatic N) is 3. The predicted octanol–water partition coefficient (Wildman–Crippen LogP) is 2.04. The van der Waals surface area contributed by atoms with Crippen LogP contribution in [0.1, 0.15) is 12.5 Å². The minimum Gasteiger partial charge on any atom is -0.338 e. The van der Waals surface area contributed by atoms with E-state index < -0.39 is 0 Å². The highest BCUT2D eigenvalue weighted by molar-refractivity contribution is 9.10. The second-order valence-corrected chi connectivity index (χ2v) is 6.53. The first kappa shape index (κ1) is 16.5. The molecule has 0 atom stereocenters. The molecule has 1 saturated heterocycles. The van der Waals surface area contributed by atoms with Crippen molar-refractivity contribution >= 4 is 21.8 Å². The molecular formula is C16H24BrN3O. The van der Waals surface area contributed by atoms with Gasteiger partial charge >= 0.3 is 0 Å². The van der Waals surface area contributed by atoms with Crippen molar-refractivity contribution in [1.82, 2.24) is 14.7 Å². The Hall–Kier alpha value is -0.910. The molecule has 1 heterocycles. The van der Waals surface area contributed by atoms with Crippen molar-refractivity contribution in [3.63, 3.8) is 0 Å². The Morgan fingerprint density at radius 2 is 1.81 bits per heavy atom. The van der Waals surface area contributed by atoms with Crippen molar-refractivity contribution < 1.29 is 4.79 Å². The predicted molar refractivity (Wildman–Crippen MR) is 89.2 cm³/mol. The summed E-state index contributed by atoms with van der Waals surface area (Å²) in [6, 6.07) is 8.17. The SMILES string of the molecule is CCN(Cc1ccc(Br)cc1)C(=O)CN1CCN(C)CC1. The van der Waals surface area contributed by atoms with E-state index in [9.17, 15) is 4.79 Å². The van der Waals surface area contributed by atoms with Gasteiger partial charge in [-0.15, -0.1) is 0 Å². The third kappa shape index (κ3) is 5.09. The molecule has 0 spiro atoms. The number of rotatable bonds is 5. The van der Waals surface area contributed by atoms with Crippen LogP contribution >= 0.6 is 15.9 Å². The smallest absolute Gasteiger partial charge is 0.237 e. The maximum Gasteiger partial charge on any atom is 0.237 e. The Morgan fingerprint density at radius 3 is 2.38 bits per heavy atom. The molecule has 1 aromatic rings. The molecule has 0 N–H and O–H groups in total. The maximum atomic E-state index is 12.5. The average molecular weight is 354 g/mol. The summed E-state index contributed by atoms with van der Waals surface area (Å²) in [5.41, 5.74) is 1.17. The number of hydrogen-bond acceptors (Lipinski definition) is 3. The van der Waals surface area contributed by atoms with Gasteiger partial charge in [0, 0.05) is 43.7 Å². The van der Waals surface area contributed by atoms with E-state index in [4.69, 9.17) is 0 Å². The highest BCUT2D eigenvalue weighted by Gasteiger charge is 2.19. The van der Waals surface area contributed by atoms with Crippen molar-refractivity contribution in [1.29, 1.82) is 0 Å². The molecule has 2 rings (SSSR count). The molecule has 0 saturated carbocycles. The van der Waals surface area contributed by atoms with Gasteiger partial charge in [-0.25, -0.2) is 0 Å². The van der Waals surface area contributed by atoms with E-state index in [1.54, 1.807) is 0 Å². The van der Waals surface area contributed by atoms with Crippen LogP contribution in [-0.4, -0.2) is 66.9 Å². The molecule has 1 aliphatic rings. The van der Waals surface area contributed by atoms with Gasteiger partial charge in [-0.3, -0.25) is 9.69 Å². The van der Waals surface area contributed by atoms with E-state index in [1.165, 1.54) is 5.56 Å². The Labute approximate surface area is 135 Å². The highest BCUT2D eigenvalue weighted by Crippen LogP contribution is 2.12. The minimum absolute atomic E-state index is 0.227. The quantitative estimate of drug-likeness (QED) is 0.810. The van der Waals surface area contributed by atoms with E-state index in [0.29, 0.717) is 13.1 Å². The molecule has 1 aliphatic heterocycles. The molecule has 0 aliphatic carbocycles. The summed E-state index contributed by atoms with van der Waals surface area (Å²) in [4.78, 5) is 19.0. The van der Waals surface area contributed by atoms with Gasteiger partial charge in [0.05, 0.1) is 6.54 Å². The van der Waals surface area contributed by atoms with E-state index in [2.05, 4.69) is 44.9 Å². The van der Waals surface area contributed by atoms with Crippen molar-refractivity contribution in [2.75, 3.05) is 46.3 Å². The zero-order chi connectivity index (χ0) is 15.2. The second kappa shape index (κ2) is 7.92. The number of hydrogen-bond donors (Lipinski definition) is 0. The van der Waals surface area contributed by atoms with Gasteiger partial charge < -0.3 is 9.80 Å². The molecule has 0 unspecified atom stereocenters. The third-order valence-electron chi connectivity index (χ3n) is 3.98. The summed E-state index contributed by atoms with van der Waals surface area (Å²) < 4.78 is 1.07. The van der Waals surface area contributed by atoms with Gasteiger partial charge in [0.25, 0.3) is 0 Å². The lowest BCUT2D eigenvalue weighted by Crippen LogP contribution is -2.48. The van der Waals surface area contributed by atoms with E-state index >= 15 is 0 Å². The van der Waals surface area contributed by atoms with Crippen molar-refractivity contribution in [3.8, 4) is 0 Å². The van der Waals surface area contributed by atoms with Gasteiger partial charge in [-0.05, 0) is 31.7 Å². The van der Waals surface area contributed by atoms with Crippen LogP contribution in [0.3, 0.4) is 0 Å². The van der Waals surface area contributed by atoms with Gasteiger partial charge in [0.2, 0.25) is 5.91 Å². The largest absolute Gasteiger partial charge is 0.338 e. The van der Waals surface area contributed by atoms with Gasteiger partial charge in [-0.2, -0.15) is 0 Å². The average Bonchev–Trinajstić information content (AvgIpc) is 2.49. The fourth-order valence-electron chi connectivity index (χ4n) is 2.48. The maximum absolute atomic E-state index is 12.5. The van der Waals surface area contributed by atoms with Gasteiger partial charge in [0.15, 0.2) is 0 Å². The van der Waals surface area contributed by atoms with Gasteiger partial charge in [0.1, 0.15) is 0 Å². The lowest BCUT2D eigenvalue weighted by molar-refractivity contribution is -0.133. The first-order valence-corrected chi connectivity index (χ1v) is 8.31. The van der Waals surface area contributed by atoms with Gasteiger partial charge in [-0.1, -0.05) is 28.1 Å². The van der Waals surface area contributed by atoms with Crippen LogP contribution in [0.4, 0.5) is 0 Å². The van der Waals surface area contributed by atoms with Crippen LogP contribution in [0, 0.1) is 0 Å². The molecule has 1 aromatic carbocycles. The van der Waals surface area contributed by atoms with Crippen LogP contribution in [0.15, 0.2) is 28.7 Å². The van der Waals surface area contributed by atoms with E-state index in [0.717, 1.165) is 37.2 Å². The normalized spacial score (nSPS) is 16.9. The molecule has 4 nitrogen and oxygen atoms in total. The molecule has 5 heteroatoms. The Morgan fingerprint density at radius 1 is 1.19 bits per heavy atom. The van der Waals surface area contributed by atoms with Crippen molar-refractivity contribution in [2.45, 2.75) is 13.5 Å². The Balaban J connectivity index is 1.87. The minimum atomic E-state index is 0.227. The summed E-state index contributed by atoms with van der Waals surface area (Å²) in [6.45, 7) is 8.09. The summed E-state index contributed by atoms with van der Waals surface area (Å²) in [5, 5.41) is 0. The number of piperazine rings is 1. The van der Waals surface area contributed by atoms with Crippen LogP contribution in [-0.2, 0) is 11.3 Å². The number of carbonyl (C=O) groups is 1. The number of halogens is 1. The zero-order valence-corrected chi connectivity index (χ0v) is 14.5. The zero-order valence-electron chi connectivity index (χ0n) is 12.9. The molecule has 1 amide bonds. The number of amides is 1. The summed E-state index contributed by atoms with van der Waals surface area (Å²) >= 11 is 3.44. The molecule has 21 heavy (non-hydrogen) atoms. The number of likely N-dealkylation sites (N-methyl/N-ethyl adjacent to an activating group) is 2. The van der Waals surface area contributed by atoms with Crippen LogP contribution < -0.4 is 0 Å². The fourth-order valence-corrected chi connectivity index (χ4v) is 2.75. The highest BCUT2D eigenvalue weighted by atomic mass is 79.9. The molecule has 0 radical (unpaired) electrons. The first-order valence-electron chi connectivity index (χ1n) is 7.51. The standard InChI is InChI=1S/C16H24BrN3O/c1-3-20(12-14-4-6-15(17)7-5-14)16(21)13-19-10-8-18(2)9-11-19/h4-7H,3,8-13H2,1-2H3. The van der Waals surface area contributed by atoms with Crippen LogP contribution in [0.25, 0.3) is 0 Å². The summed E-state index contributed by atoms with van der Waals surface area (Å²) in [6.07, 6.45) is 0. The molecule has 116 valence electrons. The van der Waals surface area contributed by atoms with Crippen LogP contribution in [0.2, 0.25) is 0 Å². The monoisotopic (exact) mass is 353 g/mol. The molecule has 0 bridgehead atoms. The number of carbonyl (C=O) groups excluding carboxylic acids is 1.